The number of nitrogens with zero attached hydrogens (tertiary/aromatic N) is 4. The van der Waals surface area contributed by atoms with E-state index in [1.807, 2.05) is 49.1 Å². The van der Waals surface area contributed by atoms with E-state index >= 15 is 0 Å². The minimum absolute atomic E-state index is 0. The Morgan fingerprint density at radius 2 is 1.84 bits per heavy atom. The number of aromatic nitrogens is 1. The molecule has 2 aromatic carbocycles. The number of aryl methyl sites for hydroxylation is 2. The molecular formula is C26H32ClN5O3S2. The second-order valence-corrected chi connectivity index (χ2v) is 12.8. The van der Waals surface area contributed by atoms with Gasteiger partial charge in [-0.3, -0.25) is 9.52 Å². The molecule has 0 spiro atoms. The number of fused-ring (bicyclic) bond motifs is 1. The SMILES string of the molecule is Cc1cnc(NS(=O)(=O)c2ccc(N3CCN(C(=O)[C@@H](C)N4CCCc5cc(Cl)ccc54)CC3)cc2)s1.[HH]. The van der Waals surface area contributed by atoms with Crippen molar-refractivity contribution in [1.29, 1.82) is 0 Å². The van der Waals surface area contributed by atoms with Crippen LogP contribution in [0.25, 0.3) is 0 Å². The predicted octanol–water partition coefficient (Wildman–Crippen LogP) is 4.64. The van der Waals surface area contributed by atoms with Crippen molar-refractivity contribution < 1.29 is 14.6 Å². The predicted molar refractivity (Wildman–Crippen MR) is 152 cm³/mol. The number of thiazole rings is 1. The summed E-state index contributed by atoms with van der Waals surface area (Å²) in [6, 6.07) is 12.5. The van der Waals surface area contributed by atoms with Gasteiger partial charge in [-0.15, -0.1) is 11.3 Å². The fraction of sp³-hybridized carbons (Fsp3) is 0.385. The molecule has 1 fully saturated rings. The van der Waals surface area contributed by atoms with Gasteiger partial charge in [-0.05, 0) is 74.7 Å². The summed E-state index contributed by atoms with van der Waals surface area (Å²) in [6.07, 6.45) is 3.62. The van der Waals surface area contributed by atoms with Gasteiger partial charge in [-0.25, -0.2) is 13.4 Å². The van der Waals surface area contributed by atoms with Crippen LogP contribution in [0.1, 0.15) is 25.2 Å². The van der Waals surface area contributed by atoms with Crippen molar-refractivity contribution in [2.24, 2.45) is 0 Å². The molecule has 1 N–H and O–H groups in total. The third-order valence-electron chi connectivity index (χ3n) is 6.97. The Morgan fingerprint density at radius 3 is 2.51 bits per heavy atom. The summed E-state index contributed by atoms with van der Waals surface area (Å²) >= 11 is 7.48. The van der Waals surface area contributed by atoms with Gasteiger partial charge in [0.15, 0.2) is 5.13 Å². The maximum absolute atomic E-state index is 13.4. The molecule has 1 amide bonds. The molecule has 37 heavy (non-hydrogen) atoms. The molecule has 1 saturated heterocycles. The number of rotatable bonds is 6. The molecule has 3 heterocycles. The monoisotopic (exact) mass is 561 g/mol. The zero-order chi connectivity index (χ0) is 26.2. The van der Waals surface area contributed by atoms with E-state index in [0.29, 0.717) is 31.3 Å². The Bertz CT molecular complexity index is 1390. The number of benzene rings is 2. The second-order valence-electron chi connectivity index (χ2n) is 9.43. The van der Waals surface area contributed by atoms with Crippen molar-refractivity contribution in [2.75, 3.05) is 47.2 Å². The lowest BCUT2D eigenvalue weighted by Gasteiger charge is -2.41. The summed E-state index contributed by atoms with van der Waals surface area (Å²) in [6.45, 7) is 7.33. The Hall–Kier alpha value is -2.82. The van der Waals surface area contributed by atoms with Crippen LogP contribution in [0.5, 0.6) is 0 Å². The first-order valence-electron chi connectivity index (χ1n) is 12.4. The van der Waals surface area contributed by atoms with Gasteiger partial charge in [-0.2, -0.15) is 0 Å². The molecule has 5 rings (SSSR count). The van der Waals surface area contributed by atoms with Crippen molar-refractivity contribution in [2.45, 2.75) is 37.6 Å². The fourth-order valence-corrected chi connectivity index (χ4v) is 7.09. The maximum Gasteiger partial charge on any atom is 0.263 e. The molecule has 1 atom stereocenters. The molecule has 2 aliphatic rings. The van der Waals surface area contributed by atoms with E-state index < -0.39 is 10.0 Å². The average molecular weight is 562 g/mol. The Morgan fingerprint density at radius 1 is 1.11 bits per heavy atom. The number of halogens is 1. The summed E-state index contributed by atoms with van der Waals surface area (Å²) < 4.78 is 27.9. The lowest BCUT2D eigenvalue weighted by Crippen LogP contribution is -2.55. The molecule has 1 aromatic heterocycles. The first-order valence-corrected chi connectivity index (χ1v) is 15.0. The molecule has 0 unspecified atom stereocenters. The van der Waals surface area contributed by atoms with Gasteiger partial charge in [0, 0.05) is 61.6 Å². The van der Waals surface area contributed by atoms with Crippen LogP contribution < -0.4 is 14.5 Å². The van der Waals surface area contributed by atoms with Crippen molar-refractivity contribution in [1.82, 2.24) is 9.88 Å². The molecule has 0 saturated carbocycles. The first-order chi connectivity index (χ1) is 17.7. The lowest BCUT2D eigenvalue weighted by atomic mass is 10.00. The van der Waals surface area contributed by atoms with Gasteiger partial charge in [0.1, 0.15) is 6.04 Å². The van der Waals surface area contributed by atoms with Crippen LogP contribution >= 0.6 is 22.9 Å². The molecule has 8 nitrogen and oxygen atoms in total. The number of hydrogen-bond donors (Lipinski definition) is 1. The zero-order valence-corrected chi connectivity index (χ0v) is 23.2. The number of sulfonamides is 1. The third kappa shape index (κ3) is 5.56. The van der Waals surface area contributed by atoms with Crippen LogP contribution in [0.15, 0.2) is 53.6 Å². The third-order valence-corrected chi connectivity index (χ3v) is 9.51. The Balaban J connectivity index is 0.00000336. The highest BCUT2D eigenvalue weighted by molar-refractivity contribution is 7.93. The van der Waals surface area contributed by atoms with E-state index in [-0.39, 0.29) is 18.3 Å². The molecule has 198 valence electrons. The molecular weight excluding hydrogens is 530 g/mol. The molecule has 2 aliphatic heterocycles. The van der Waals surface area contributed by atoms with Crippen LogP contribution in [0.3, 0.4) is 0 Å². The van der Waals surface area contributed by atoms with E-state index in [2.05, 4.69) is 19.5 Å². The molecule has 0 aliphatic carbocycles. The summed E-state index contributed by atoms with van der Waals surface area (Å²) in [5.41, 5.74) is 3.24. The number of piperazine rings is 1. The van der Waals surface area contributed by atoms with Crippen LogP contribution in [-0.4, -0.2) is 63.0 Å². The van der Waals surface area contributed by atoms with Crippen LogP contribution in [0.2, 0.25) is 5.02 Å². The van der Waals surface area contributed by atoms with E-state index in [0.717, 1.165) is 40.7 Å². The second kappa shape index (κ2) is 10.5. The number of anilines is 3. The van der Waals surface area contributed by atoms with Gasteiger partial charge >= 0.3 is 0 Å². The lowest BCUT2D eigenvalue weighted by molar-refractivity contribution is -0.132. The highest BCUT2D eigenvalue weighted by Crippen LogP contribution is 2.31. The van der Waals surface area contributed by atoms with Gasteiger partial charge in [0.05, 0.1) is 4.90 Å². The van der Waals surface area contributed by atoms with E-state index in [1.165, 1.54) is 16.9 Å². The van der Waals surface area contributed by atoms with Gasteiger partial charge in [-0.1, -0.05) is 11.6 Å². The number of nitrogens with one attached hydrogen (secondary N) is 1. The number of hydrogen-bond acceptors (Lipinski definition) is 7. The molecule has 0 radical (unpaired) electrons. The summed E-state index contributed by atoms with van der Waals surface area (Å²) in [7, 11) is -3.70. The van der Waals surface area contributed by atoms with Crippen LogP contribution in [-0.2, 0) is 21.2 Å². The minimum atomic E-state index is -3.70. The summed E-state index contributed by atoms with van der Waals surface area (Å²) in [5.74, 6) is 0.132. The summed E-state index contributed by atoms with van der Waals surface area (Å²) in [4.78, 5) is 24.9. The van der Waals surface area contributed by atoms with E-state index in [1.54, 1.807) is 18.3 Å². The van der Waals surface area contributed by atoms with Crippen molar-refractivity contribution in [3.8, 4) is 0 Å². The average Bonchev–Trinajstić information content (AvgIpc) is 3.31. The van der Waals surface area contributed by atoms with Crippen molar-refractivity contribution in [3.63, 3.8) is 0 Å². The van der Waals surface area contributed by atoms with E-state index in [4.69, 9.17) is 11.6 Å². The Kier molecular flexibility index (Phi) is 7.33. The highest BCUT2D eigenvalue weighted by Gasteiger charge is 2.31. The Labute approximate surface area is 228 Å². The quantitative estimate of drug-likeness (QED) is 0.472. The first kappa shape index (κ1) is 25.8. The van der Waals surface area contributed by atoms with E-state index in [9.17, 15) is 13.2 Å². The minimum Gasteiger partial charge on any atom is -0.368 e. The van der Waals surface area contributed by atoms with Crippen LogP contribution in [0, 0.1) is 6.92 Å². The molecule has 0 bridgehead atoms. The smallest absolute Gasteiger partial charge is 0.263 e. The summed E-state index contributed by atoms with van der Waals surface area (Å²) in [5, 5.41) is 1.08. The molecule has 3 aromatic rings. The van der Waals surface area contributed by atoms with Gasteiger partial charge in [0.2, 0.25) is 5.91 Å². The number of amides is 1. The zero-order valence-electron chi connectivity index (χ0n) is 20.9. The van der Waals surface area contributed by atoms with Gasteiger partial charge in [0.25, 0.3) is 10.0 Å². The van der Waals surface area contributed by atoms with Crippen molar-refractivity contribution in [3.05, 3.63) is 64.1 Å². The normalized spacial score (nSPS) is 16.9. The number of carbonyl (C=O) groups excluding carboxylic acids is 1. The molecule has 11 heteroatoms. The van der Waals surface area contributed by atoms with Gasteiger partial charge < -0.3 is 14.7 Å². The maximum atomic E-state index is 13.4. The topological polar surface area (TPSA) is 85.9 Å². The van der Waals surface area contributed by atoms with Crippen LogP contribution in [0.4, 0.5) is 16.5 Å². The van der Waals surface area contributed by atoms with Crippen molar-refractivity contribution >= 4 is 55.4 Å². The largest absolute Gasteiger partial charge is 0.368 e. The standard InChI is InChI=1S/C26H30ClN5O3S2.H2/c1-18-17-28-26(36-18)29-37(34,35)23-8-6-22(7-9-23)30-12-14-31(15-13-30)25(33)19(2)32-11-3-4-20-16-21(27)5-10-24(20)32;/h5-10,16-17,19H,3-4,11-15H2,1-2H3,(H,28,29);1H/t19-;/m1./s1. The number of carbonyl (C=O) groups is 1. The highest BCUT2D eigenvalue weighted by atomic mass is 35.5. The fourth-order valence-electron chi connectivity index (χ4n) is 4.99.